The van der Waals surface area contributed by atoms with Gasteiger partial charge in [-0.1, -0.05) is 25.5 Å². The Hall–Kier alpha value is -2.04. The molecule has 1 heterocycles. The van der Waals surface area contributed by atoms with Crippen LogP contribution in [0.25, 0.3) is 0 Å². The van der Waals surface area contributed by atoms with Gasteiger partial charge in [0.25, 0.3) is 0 Å². The number of hydrogen-bond acceptors (Lipinski definition) is 3. The summed E-state index contributed by atoms with van der Waals surface area (Å²) in [6, 6.07) is 7.58. The van der Waals surface area contributed by atoms with Gasteiger partial charge in [0.05, 0.1) is 12.3 Å². The number of nitrogen functional groups attached to an aromatic ring is 1. The lowest BCUT2D eigenvalue weighted by molar-refractivity contribution is -0.135. The van der Waals surface area contributed by atoms with E-state index >= 15 is 0 Å². The topological polar surface area (TPSA) is 75.4 Å². The highest BCUT2D eigenvalue weighted by atomic mass is 16.2. The normalized spacial score (nSPS) is 18.9. The summed E-state index contributed by atoms with van der Waals surface area (Å²) in [5, 5.41) is 3.08. The van der Waals surface area contributed by atoms with Crippen molar-refractivity contribution in [1.29, 1.82) is 0 Å². The Labute approximate surface area is 144 Å². The number of anilines is 1. The van der Waals surface area contributed by atoms with Crippen LogP contribution in [-0.4, -0.2) is 35.8 Å². The van der Waals surface area contributed by atoms with Crippen molar-refractivity contribution in [3.63, 3.8) is 0 Å². The first-order valence-electron chi connectivity index (χ1n) is 8.92. The van der Waals surface area contributed by atoms with Crippen molar-refractivity contribution in [1.82, 2.24) is 10.2 Å². The van der Waals surface area contributed by atoms with E-state index in [9.17, 15) is 9.59 Å². The van der Waals surface area contributed by atoms with Gasteiger partial charge in [-0.05, 0) is 43.9 Å². The quantitative estimate of drug-likeness (QED) is 0.786. The van der Waals surface area contributed by atoms with Gasteiger partial charge in [0.2, 0.25) is 11.8 Å². The summed E-state index contributed by atoms with van der Waals surface area (Å²) >= 11 is 0. The molecule has 1 fully saturated rings. The van der Waals surface area contributed by atoms with E-state index in [1.54, 1.807) is 0 Å². The molecule has 5 heteroatoms. The molecule has 0 spiro atoms. The first-order chi connectivity index (χ1) is 11.5. The Morgan fingerprint density at radius 2 is 2.04 bits per heavy atom. The monoisotopic (exact) mass is 331 g/mol. The summed E-state index contributed by atoms with van der Waals surface area (Å²) in [7, 11) is 0. The summed E-state index contributed by atoms with van der Waals surface area (Å²) in [6.07, 6.45) is 4.14. The van der Waals surface area contributed by atoms with Crippen molar-refractivity contribution >= 4 is 17.5 Å². The Morgan fingerprint density at radius 1 is 1.33 bits per heavy atom. The molecule has 0 aliphatic carbocycles. The number of hydrogen-bond donors (Lipinski definition) is 2. The van der Waals surface area contributed by atoms with Crippen LogP contribution in [0.15, 0.2) is 24.3 Å². The fourth-order valence-corrected chi connectivity index (χ4v) is 3.21. The third kappa shape index (κ3) is 5.25. The van der Waals surface area contributed by atoms with Crippen molar-refractivity contribution in [2.24, 2.45) is 5.92 Å². The smallest absolute Gasteiger partial charge is 0.227 e. The Kier molecular flexibility index (Phi) is 6.64. The highest BCUT2D eigenvalue weighted by molar-refractivity contribution is 5.82. The second-order valence-corrected chi connectivity index (χ2v) is 6.80. The number of piperidine rings is 1. The fourth-order valence-electron chi connectivity index (χ4n) is 3.21. The molecular weight excluding hydrogens is 302 g/mol. The molecule has 5 nitrogen and oxygen atoms in total. The van der Waals surface area contributed by atoms with Gasteiger partial charge >= 0.3 is 0 Å². The largest absolute Gasteiger partial charge is 0.399 e. The first-order valence-corrected chi connectivity index (χ1v) is 8.92. The average Bonchev–Trinajstić information content (AvgIpc) is 2.57. The zero-order valence-corrected chi connectivity index (χ0v) is 14.8. The Bertz CT molecular complexity index is 556. The molecule has 0 aromatic heterocycles. The van der Waals surface area contributed by atoms with Gasteiger partial charge in [0.15, 0.2) is 0 Å². The predicted molar refractivity (Wildman–Crippen MR) is 96.4 cm³/mol. The molecule has 3 N–H and O–H groups in total. The number of carbonyl (C=O) groups excluding carboxylic acids is 2. The van der Waals surface area contributed by atoms with Gasteiger partial charge in [0, 0.05) is 24.8 Å². The molecule has 2 amide bonds. The van der Waals surface area contributed by atoms with E-state index in [-0.39, 0.29) is 23.8 Å². The number of nitrogens with zero attached hydrogens (tertiary/aromatic N) is 1. The molecule has 132 valence electrons. The number of rotatable bonds is 6. The van der Waals surface area contributed by atoms with Crippen LogP contribution in [0.2, 0.25) is 0 Å². The van der Waals surface area contributed by atoms with Crippen LogP contribution in [0.4, 0.5) is 5.69 Å². The maximum absolute atomic E-state index is 12.5. The molecule has 2 atom stereocenters. The second-order valence-electron chi connectivity index (χ2n) is 6.80. The van der Waals surface area contributed by atoms with Crippen LogP contribution in [0.3, 0.4) is 0 Å². The molecule has 0 bridgehead atoms. The van der Waals surface area contributed by atoms with Gasteiger partial charge in [-0.25, -0.2) is 0 Å². The summed E-state index contributed by atoms with van der Waals surface area (Å²) < 4.78 is 0. The van der Waals surface area contributed by atoms with Crippen LogP contribution in [0.5, 0.6) is 0 Å². The van der Waals surface area contributed by atoms with Gasteiger partial charge in [-0.3, -0.25) is 9.59 Å². The van der Waals surface area contributed by atoms with E-state index in [0.29, 0.717) is 18.7 Å². The number of nitrogens with two attached hydrogens (primary N) is 1. The molecule has 0 radical (unpaired) electrons. The van der Waals surface area contributed by atoms with Crippen molar-refractivity contribution in [3.05, 3.63) is 29.8 Å². The van der Waals surface area contributed by atoms with E-state index in [1.807, 2.05) is 36.1 Å². The maximum atomic E-state index is 12.5. The number of nitrogens with one attached hydrogen (secondary N) is 1. The highest BCUT2D eigenvalue weighted by Gasteiger charge is 2.28. The molecule has 0 saturated carbocycles. The molecule has 1 aromatic rings. The minimum Gasteiger partial charge on any atom is -0.399 e. The molecule has 24 heavy (non-hydrogen) atoms. The van der Waals surface area contributed by atoms with Crippen molar-refractivity contribution < 1.29 is 9.59 Å². The number of amides is 2. The SMILES string of the molecule is CCCC(C)NC(=O)C1CCCN(C(=O)Cc2ccc(N)cc2)C1. The zero-order valence-electron chi connectivity index (χ0n) is 14.8. The van der Waals surface area contributed by atoms with Gasteiger partial charge in [-0.2, -0.15) is 0 Å². The lowest BCUT2D eigenvalue weighted by atomic mass is 9.96. The van der Waals surface area contributed by atoms with Crippen LogP contribution >= 0.6 is 0 Å². The summed E-state index contributed by atoms with van der Waals surface area (Å²) in [4.78, 5) is 26.7. The highest BCUT2D eigenvalue weighted by Crippen LogP contribution is 2.18. The number of likely N-dealkylation sites (tertiary alicyclic amines) is 1. The lowest BCUT2D eigenvalue weighted by Gasteiger charge is -2.32. The standard InChI is InChI=1S/C19H29N3O2/c1-3-5-14(2)21-19(24)16-6-4-11-22(13-16)18(23)12-15-7-9-17(20)10-8-15/h7-10,14,16H,3-6,11-13,20H2,1-2H3,(H,21,24). The van der Waals surface area contributed by atoms with Crippen LogP contribution < -0.4 is 11.1 Å². The molecular formula is C19H29N3O2. The molecule has 2 unspecified atom stereocenters. The first kappa shape index (κ1) is 18.3. The molecule has 1 saturated heterocycles. The van der Waals surface area contributed by atoms with E-state index < -0.39 is 0 Å². The fraction of sp³-hybridized carbons (Fsp3) is 0.579. The maximum Gasteiger partial charge on any atom is 0.227 e. The summed E-state index contributed by atoms with van der Waals surface area (Å²) in [5.74, 6) is 0.0771. The van der Waals surface area contributed by atoms with Gasteiger partial charge in [0.1, 0.15) is 0 Å². The van der Waals surface area contributed by atoms with Crippen molar-refractivity contribution in [2.45, 2.75) is 52.0 Å². The van der Waals surface area contributed by atoms with Crippen LogP contribution in [0, 0.1) is 5.92 Å². The van der Waals surface area contributed by atoms with Crippen LogP contribution in [-0.2, 0) is 16.0 Å². The molecule has 2 rings (SSSR count). The van der Waals surface area contributed by atoms with Crippen molar-refractivity contribution in [2.75, 3.05) is 18.8 Å². The number of carbonyl (C=O) groups is 2. The molecule has 1 aromatic carbocycles. The molecule has 1 aliphatic rings. The van der Waals surface area contributed by atoms with Gasteiger partial charge < -0.3 is 16.0 Å². The average molecular weight is 331 g/mol. The second kappa shape index (κ2) is 8.71. The van der Waals surface area contributed by atoms with Gasteiger partial charge in [-0.15, -0.1) is 0 Å². The number of benzene rings is 1. The minimum atomic E-state index is -0.0894. The summed E-state index contributed by atoms with van der Waals surface area (Å²) in [5.41, 5.74) is 7.33. The van der Waals surface area contributed by atoms with E-state index in [1.165, 1.54) is 0 Å². The third-order valence-corrected chi connectivity index (χ3v) is 4.59. The molecule has 1 aliphatic heterocycles. The van der Waals surface area contributed by atoms with Crippen LogP contribution in [0.1, 0.15) is 45.1 Å². The zero-order chi connectivity index (χ0) is 17.5. The van der Waals surface area contributed by atoms with E-state index in [2.05, 4.69) is 12.2 Å². The Morgan fingerprint density at radius 3 is 2.71 bits per heavy atom. The van der Waals surface area contributed by atoms with E-state index in [0.717, 1.165) is 37.8 Å². The van der Waals surface area contributed by atoms with Crippen molar-refractivity contribution in [3.8, 4) is 0 Å². The predicted octanol–water partition coefficient (Wildman–Crippen LogP) is 2.35. The third-order valence-electron chi connectivity index (χ3n) is 4.59. The summed E-state index contributed by atoms with van der Waals surface area (Å²) in [6.45, 7) is 5.41. The minimum absolute atomic E-state index is 0.0823. The lowest BCUT2D eigenvalue weighted by Crippen LogP contribution is -2.47. The Balaban J connectivity index is 1.88. The van der Waals surface area contributed by atoms with E-state index in [4.69, 9.17) is 5.73 Å².